The number of hydrogen-bond acceptors (Lipinski definition) is 3. The lowest BCUT2D eigenvalue weighted by atomic mass is 9.88. The topological polar surface area (TPSA) is 72.9 Å². The minimum Gasteiger partial charge on any atom is -0.366 e. The molecule has 0 bridgehead atoms. The molecule has 2 heterocycles. The summed E-state index contributed by atoms with van der Waals surface area (Å²) in [6, 6.07) is 14.2. The molecular weight excluding hydrogens is 348 g/mol. The van der Waals surface area contributed by atoms with Crippen LogP contribution in [0, 0.1) is 5.92 Å². The summed E-state index contributed by atoms with van der Waals surface area (Å²) < 4.78 is 1.82. The number of carbonyl (C=O) groups is 1. The summed E-state index contributed by atoms with van der Waals surface area (Å²) in [5, 5.41) is 8.98. The van der Waals surface area contributed by atoms with Gasteiger partial charge in [-0.3, -0.25) is 4.79 Å². The number of aromatic nitrogens is 2. The highest BCUT2D eigenvalue weighted by Crippen LogP contribution is 2.57. The molecule has 2 atom stereocenters. The van der Waals surface area contributed by atoms with Crippen molar-refractivity contribution in [2.24, 2.45) is 11.7 Å². The lowest BCUT2D eigenvalue weighted by molar-refractivity contribution is 0.100. The minimum atomic E-state index is -0.448. The molecule has 1 amide bonds. The largest absolute Gasteiger partial charge is 0.366 e. The second kappa shape index (κ2) is 6.11. The maximum Gasteiger partial charge on any atom is 0.250 e. The van der Waals surface area contributed by atoms with Crippen LogP contribution in [-0.2, 0) is 5.41 Å². The van der Waals surface area contributed by atoms with E-state index in [-0.39, 0.29) is 12.4 Å². The fraction of sp³-hybridized carbons (Fsp3) is 0.300. The van der Waals surface area contributed by atoms with Gasteiger partial charge in [-0.15, -0.1) is 12.4 Å². The van der Waals surface area contributed by atoms with Gasteiger partial charge in [0, 0.05) is 17.0 Å². The summed E-state index contributed by atoms with van der Waals surface area (Å²) in [6.45, 7) is 2.25. The lowest BCUT2D eigenvalue weighted by Gasteiger charge is -2.23. The van der Waals surface area contributed by atoms with Gasteiger partial charge in [0.25, 0.3) is 5.91 Å². The summed E-state index contributed by atoms with van der Waals surface area (Å²) in [6.07, 6.45) is 4.47. The first-order valence-electron chi connectivity index (χ1n) is 8.77. The van der Waals surface area contributed by atoms with Gasteiger partial charge in [0.2, 0.25) is 0 Å². The molecule has 1 aliphatic heterocycles. The van der Waals surface area contributed by atoms with Crippen LogP contribution in [-0.4, -0.2) is 28.8 Å². The van der Waals surface area contributed by atoms with E-state index < -0.39 is 5.91 Å². The Kier molecular flexibility index (Phi) is 4.01. The molecule has 0 radical (unpaired) electrons. The van der Waals surface area contributed by atoms with Crippen molar-refractivity contribution in [2.45, 2.75) is 18.3 Å². The van der Waals surface area contributed by atoms with Gasteiger partial charge >= 0.3 is 0 Å². The third-order valence-electron chi connectivity index (χ3n) is 5.88. The zero-order valence-corrected chi connectivity index (χ0v) is 15.1. The molecule has 1 aromatic heterocycles. The van der Waals surface area contributed by atoms with Crippen molar-refractivity contribution in [3.63, 3.8) is 0 Å². The highest BCUT2D eigenvalue weighted by molar-refractivity contribution is 6.04. The molecule has 0 spiro atoms. The highest BCUT2D eigenvalue weighted by atomic mass is 35.5. The number of hydrogen-bond donors (Lipinski definition) is 2. The molecule has 2 unspecified atom stereocenters. The second-order valence-electron chi connectivity index (χ2n) is 7.24. The number of nitrogens with zero attached hydrogens (tertiary/aromatic N) is 2. The maximum absolute atomic E-state index is 11.6. The van der Waals surface area contributed by atoms with Gasteiger partial charge in [0.05, 0.1) is 11.3 Å². The van der Waals surface area contributed by atoms with Gasteiger partial charge in [-0.25, -0.2) is 4.68 Å². The fourth-order valence-electron chi connectivity index (χ4n) is 4.36. The molecule has 3 aromatic rings. The van der Waals surface area contributed by atoms with Crippen LogP contribution >= 0.6 is 12.4 Å². The van der Waals surface area contributed by atoms with Crippen LogP contribution < -0.4 is 11.1 Å². The first-order chi connectivity index (χ1) is 12.2. The maximum atomic E-state index is 11.6. The Morgan fingerprint density at radius 2 is 2.04 bits per heavy atom. The molecule has 2 aromatic carbocycles. The summed E-state index contributed by atoms with van der Waals surface area (Å²) in [5.41, 5.74) is 9.41. The molecule has 3 N–H and O–H groups in total. The van der Waals surface area contributed by atoms with E-state index >= 15 is 0 Å². The Hall–Kier alpha value is -2.37. The summed E-state index contributed by atoms with van der Waals surface area (Å²) >= 11 is 0. The predicted octanol–water partition coefficient (Wildman–Crippen LogP) is 2.80. The first kappa shape index (κ1) is 17.1. The van der Waals surface area contributed by atoms with Crippen LogP contribution in [0.5, 0.6) is 0 Å². The van der Waals surface area contributed by atoms with Crippen molar-refractivity contribution in [1.29, 1.82) is 0 Å². The van der Waals surface area contributed by atoms with E-state index in [4.69, 9.17) is 5.73 Å². The number of rotatable bonds is 3. The smallest absolute Gasteiger partial charge is 0.250 e. The second-order valence-corrected chi connectivity index (χ2v) is 7.24. The quantitative estimate of drug-likeness (QED) is 0.746. The van der Waals surface area contributed by atoms with E-state index in [1.807, 2.05) is 23.0 Å². The SMILES string of the molecule is Cl.NC(=O)c1cccc2cn(-c3ccc(C45CCNCC4C5)cc3)nc12. The molecule has 5 rings (SSSR count). The van der Waals surface area contributed by atoms with Gasteiger partial charge in [0.1, 0.15) is 5.52 Å². The Morgan fingerprint density at radius 1 is 1.23 bits per heavy atom. The fourth-order valence-corrected chi connectivity index (χ4v) is 4.36. The van der Waals surface area contributed by atoms with E-state index in [1.165, 1.54) is 18.4 Å². The third-order valence-corrected chi connectivity index (χ3v) is 5.88. The van der Waals surface area contributed by atoms with Crippen LogP contribution in [0.2, 0.25) is 0 Å². The van der Waals surface area contributed by atoms with Crippen molar-refractivity contribution in [2.75, 3.05) is 13.1 Å². The zero-order chi connectivity index (χ0) is 17.0. The number of halogens is 1. The molecule has 1 aliphatic carbocycles. The van der Waals surface area contributed by atoms with Crippen molar-refractivity contribution in [3.05, 3.63) is 59.8 Å². The van der Waals surface area contributed by atoms with Gasteiger partial charge in [-0.2, -0.15) is 5.10 Å². The van der Waals surface area contributed by atoms with Crippen molar-refractivity contribution in [1.82, 2.24) is 15.1 Å². The van der Waals surface area contributed by atoms with Crippen molar-refractivity contribution in [3.8, 4) is 5.69 Å². The van der Waals surface area contributed by atoms with E-state index in [2.05, 4.69) is 34.7 Å². The average Bonchev–Trinajstić information content (AvgIpc) is 3.23. The summed E-state index contributed by atoms with van der Waals surface area (Å²) in [5.74, 6) is 0.341. The van der Waals surface area contributed by atoms with E-state index in [9.17, 15) is 4.79 Å². The van der Waals surface area contributed by atoms with Gasteiger partial charge < -0.3 is 11.1 Å². The lowest BCUT2D eigenvalue weighted by Crippen LogP contribution is -2.31. The van der Waals surface area contributed by atoms with Gasteiger partial charge in [0.15, 0.2) is 0 Å². The van der Waals surface area contributed by atoms with Gasteiger partial charge in [-0.05, 0) is 55.6 Å². The van der Waals surface area contributed by atoms with Crippen LogP contribution in [0.15, 0.2) is 48.7 Å². The average molecular weight is 369 g/mol. The number of nitrogens with two attached hydrogens (primary N) is 1. The number of fused-ring (bicyclic) bond motifs is 2. The standard InChI is InChI=1S/C20H20N4O.ClH/c21-19(25)17-3-1-2-13-12-24(23-18(13)17)16-6-4-14(5-7-16)20-8-9-22-11-15(20)10-20;/h1-7,12,15,22H,8-11H2,(H2,21,25);1H. The first-order valence-corrected chi connectivity index (χ1v) is 8.77. The van der Waals surface area contributed by atoms with E-state index in [0.717, 1.165) is 30.1 Å². The Morgan fingerprint density at radius 3 is 2.77 bits per heavy atom. The zero-order valence-electron chi connectivity index (χ0n) is 14.3. The minimum absolute atomic E-state index is 0. The van der Waals surface area contributed by atoms with Gasteiger partial charge in [-0.1, -0.05) is 24.3 Å². The molecule has 1 saturated carbocycles. The number of nitrogens with one attached hydrogen (secondary N) is 1. The third kappa shape index (κ3) is 2.50. The Balaban J connectivity index is 0.00000168. The molecule has 6 heteroatoms. The molecule has 5 nitrogen and oxygen atoms in total. The number of primary amides is 1. The summed E-state index contributed by atoms with van der Waals surface area (Å²) in [7, 11) is 0. The monoisotopic (exact) mass is 368 g/mol. The Labute approximate surface area is 158 Å². The number of piperidine rings is 1. The van der Waals surface area contributed by atoms with Crippen LogP contribution in [0.25, 0.3) is 16.6 Å². The number of carbonyl (C=O) groups excluding carboxylic acids is 1. The highest BCUT2D eigenvalue weighted by Gasteiger charge is 2.55. The van der Waals surface area contributed by atoms with Crippen molar-refractivity contribution < 1.29 is 4.79 Å². The summed E-state index contributed by atoms with van der Waals surface area (Å²) in [4.78, 5) is 11.6. The number of benzene rings is 2. The normalized spacial score (nSPS) is 23.9. The van der Waals surface area contributed by atoms with E-state index in [1.54, 1.807) is 6.07 Å². The molecule has 2 aliphatic rings. The number of amides is 1. The molecule has 2 fully saturated rings. The van der Waals surface area contributed by atoms with Crippen LogP contribution in [0.3, 0.4) is 0 Å². The van der Waals surface area contributed by atoms with E-state index in [0.29, 0.717) is 16.5 Å². The Bertz CT molecular complexity index is 981. The molecule has 134 valence electrons. The van der Waals surface area contributed by atoms with Crippen LogP contribution in [0.1, 0.15) is 28.8 Å². The molecule has 26 heavy (non-hydrogen) atoms. The predicted molar refractivity (Wildman–Crippen MR) is 104 cm³/mol. The molecular formula is C20H21ClN4O. The molecule has 1 saturated heterocycles. The van der Waals surface area contributed by atoms with Crippen molar-refractivity contribution >= 4 is 29.2 Å². The van der Waals surface area contributed by atoms with Crippen LogP contribution in [0.4, 0.5) is 0 Å².